The molecule has 0 atom stereocenters. The highest BCUT2D eigenvalue weighted by molar-refractivity contribution is 7.13. The van der Waals surface area contributed by atoms with Gasteiger partial charge in [0, 0.05) is 33.8 Å². The topological polar surface area (TPSA) is 112 Å². The summed E-state index contributed by atoms with van der Waals surface area (Å²) in [6.07, 6.45) is 8.97. The largest absolute Gasteiger partial charge is 0.335 e. The molecule has 9 heteroatoms. The number of thiophene rings is 1. The quantitative estimate of drug-likeness (QED) is 0.427. The van der Waals surface area contributed by atoms with E-state index in [-0.39, 0.29) is 0 Å². The van der Waals surface area contributed by atoms with Crippen molar-refractivity contribution in [2.75, 3.05) is 0 Å². The molecular weight excluding hydrogens is 372 g/mol. The maximum absolute atomic E-state index is 4.84. The van der Waals surface area contributed by atoms with Gasteiger partial charge in [-0.25, -0.2) is 4.98 Å². The summed E-state index contributed by atoms with van der Waals surface area (Å²) in [5, 5.41) is 17.3. The van der Waals surface area contributed by atoms with Crippen molar-refractivity contribution >= 4 is 33.3 Å². The molecule has 0 aromatic carbocycles. The first-order valence-corrected chi connectivity index (χ1v) is 9.46. The molecule has 134 valence electrons. The third-order valence-corrected chi connectivity index (χ3v) is 5.55. The van der Waals surface area contributed by atoms with Crippen molar-refractivity contribution in [1.82, 2.24) is 40.3 Å². The van der Waals surface area contributed by atoms with Crippen LogP contribution in [0.25, 0.3) is 55.2 Å². The molecule has 6 rings (SSSR count). The molecule has 0 amide bonds. The molecule has 0 bridgehead atoms. The van der Waals surface area contributed by atoms with Crippen molar-refractivity contribution in [3.05, 3.63) is 54.6 Å². The number of pyridine rings is 2. The van der Waals surface area contributed by atoms with Crippen molar-refractivity contribution in [3.8, 4) is 33.2 Å². The highest BCUT2D eigenvalue weighted by atomic mass is 32.1. The zero-order valence-corrected chi connectivity index (χ0v) is 15.2. The van der Waals surface area contributed by atoms with Gasteiger partial charge in [0.05, 0.1) is 35.3 Å². The molecular formula is C19H12N8S. The Morgan fingerprint density at radius 2 is 2.04 bits per heavy atom. The summed E-state index contributed by atoms with van der Waals surface area (Å²) in [6, 6.07) is 6.09. The van der Waals surface area contributed by atoms with E-state index in [0.717, 1.165) is 49.3 Å². The van der Waals surface area contributed by atoms with Crippen LogP contribution in [0, 0.1) is 0 Å². The SMILES string of the molecule is c1csc(-c2cncc3[nH]c(-c4n[nH]c5cnc(-c6cn[nH]c6)cc45)nc23)c1. The molecule has 0 aliphatic rings. The minimum atomic E-state index is 0.691. The van der Waals surface area contributed by atoms with Crippen LogP contribution in [0.2, 0.25) is 0 Å². The van der Waals surface area contributed by atoms with Crippen LogP contribution in [0.5, 0.6) is 0 Å². The third kappa shape index (κ3) is 2.26. The first-order chi connectivity index (χ1) is 13.9. The second-order valence-electron chi connectivity index (χ2n) is 6.32. The number of aromatic amines is 3. The van der Waals surface area contributed by atoms with Gasteiger partial charge in [0.2, 0.25) is 0 Å². The Morgan fingerprint density at radius 3 is 2.89 bits per heavy atom. The van der Waals surface area contributed by atoms with Crippen LogP contribution in [0.4, 0.5) is 0 Å². The Kier molecular flexibility index (Phi) is 3.17. The molecule has 0 saturated heterocycles. The van der Waals surface area contributed by atoms with Gasteiger partial charge in [0.1, 0.15) is 11.2 Å². The summed E-state index contributed by atoms with van der Waals surface area (Å²) in [7, 11) is 0. The van der Waals surface area contributed by atoms with Gasteiger partial charge in [-0.3, -0.25) is 20.2 Å². The van der Waals surface area contributed by atoms with E-state index in [2.05, 4.69) is 41.4 Å². The van der Waals surface area contributed by atoms with Gasteiger partial charge in [-0.2, -0.15) is 10.2 Å². The van der Waals surface area contributed by atoms with E-state index in [1.54, 1.807) is 29.9 Å². The number of nitrogens with zero attached hydrogens (tertiary/aromatic N) is 5. The van der Waals surface area contributed by atoms with E-state index >= 15 is 0 Å². The standard InChI is InChI=1S/C19H12N8S/c1-2-16(28-3-1)12-7-20-8-15-17(12)25-19(24-15)18-11-4-13(10-5-22-23-6-10)21-9-14(11)26-27-18/h1-9H,(H,22,23)(H,24,25)(H,26,27). The van der Waals surface area contributed by atoms with Gasteiger partial charge in [0.15, 0.2) is 5.82 Å². The number of rotatable bonds is 3. The predicted molar refractivity (Wildman–Crippen MR) is 108 cm³/mol. The molecule has 0 aliphatic heterocycles. The number of hydrogen-bond acceptors (Lipinski definition) is 6. The normalized spacial score (nSPS) is 11.6. The van der Waals surface area contributed by atoms with Crippen LogP contribution in [-0.4, -0.2) is 40.3 Å². The Labute approximate surface area is 161 Å². The van der Waals surface area contributed by atoms with Crippen LogP contribution in [-0.2, 0) is 0 Å². The van der Waals surface area contributed by atoms with Crippen LogP contribution < -0.4 is 0 Å². The predicted octanol–water partition coefficient (Wildman–Crippen LogP) is 4.01. The first kappa shape index (κ1) is 15.2. The van der Waals surface area contributed by atoms with Crippen molar-refractivity contribution < 1.29 is 0 Å². The van der Waals surface area contributed by atoms with E-state index in [1.165, 1.54) is 0 Å². The Hall–Kier alpha value is -3.85. The van der Waals surface area contributed by atoms with Gasteiger partial charge >= 0.3 is 0 Å². The summed E-state index contributed by atoms with van der Waals surface area (Å²) in [5.41, 5.74) is 6.10. The van der Waals surface area contributed by atoms with Gasteiger partial charge in [-0.15, -0.1) is 11.3 Å². The van der Waals surface area contributed by atoms with Gasteiger partial charge in [-0.1, -0.05) is 6.07 Å². The van der Waals surface area contributed by atoms with Crippen LogP contribution in [0.15, 0.2) is 54.6 Å². The molecule has 28 heavy (non-hydrogen) atoms. The Balaban J connectivity index is 1.55. The van der Waals surface area contributed by atoms with Gasteiger partial charge in [0.25, 0.3) is 0 Å². The molecule has 0 spiro atoms. The molecule has 0 fully saturated rings. The molecule has 0 saturated carbocycles. The lowest BCUT2D eigenvalue weighted by Crippen LogP contribution is -1.84. The zero-order chi connectivity index (χ0) is 18.5. The van der Waals surface area contributed by atoms with E-state index in [1.807, 2.05) is 29.9 Å². The number of hydrogen-bond donors (Lipinski definition) is 3. The highest BCUT2D eigenvalue weighted by Crippen LogP contribution is 2.33. The summed E-state index contributed by atoms with van der Waals surface area (Å²) in [5.74, 6) is 0.691. The minimum absolute atomic E-state index is 0.691. The Bertz CT molecular complexity index is 1410. The van der Waals surface area contributed by atoms with Crippen molar-refractivity contribution in [2.45, 2.75) is 0 Å². The van der Waals surface area contributed by atoms with E-state index in [9.17, 15) is 0 Å². The van der Waals surface area contributed by atoms with Crippen molar-refractivity contribution in [3.63, 3.8) is 0 Å². The van der Waals surface area contributed by atoms with Crippen LogP contribution >= 0.6 is 11.3 Å². The fraction of sp³-hybridized carbons (Fsp3) is 0. The van der Waals surface area contributed by atoms with Crippen molar-refractivity contribution in [2.24, 2.45) is 0 Å². The summed E-state index contributed by atoms with van der Waals surface area (Å²) in [6.45, 7) is 0. The summed E-state index contributed by atoms with van der Waals surface area (Å²) in [4.78, 5) is 18.2. The minimum Gasteiger partial charge on any atom is -0.335 e. The molecule has 3 N–H and O–H groups in total. The number of nitrogens with one attached hydrogen (secondary N) is 3. The van der Waals surface area contributed by atoms with Gasteiger partial charge in [-0.05, 0) is 17.5 Å². The van der Waals surface area contributed by atoms with Gasteiger partial charge < -0.3 is 4.98 Å². The second-order valence-corrected chi connectivity index (χ2v) is 7.27. The highest BCUT2D eigenvalue weighted by Gasteiger charge is 2.16. The molecule has 6 heterocycles. The summed E-state index contributed by atoms with van der Waals surface area (Å²) >= 11 is 1.67. The molecule has 0 radical (unpaired) electrons. The zero-order valence-electron chi connectivity index (χ0n) is 14.3. The molecule has 0 unspecified atom stereocenters. The molecule has 8 nitrogen and oxygen atoms in total. The fourth-order valence-corrected chi connectivity index (χ4v) is 4.04. The fourth-order valence-electron chi connectivity index (χ4n) is 3.30. The average molecular weight is 384 g/mol. The number of aromatic nitrogens is 8. The third-order valence-electron chi connectivity index (χ3n) is 4.65. The smallest absolute Gasteiger partial charge is 0.159 e. The monoisotopic (exact) mass is 384 g/mol. The lowest BCUT2D eigenvalue weighted by Gasteiger charge is -1.97. The molecule has 6 aromatic rings. The van der Waals surface area contributed by atoms with Crippen LogP contribution in [0.1, 0.15) is 0 Å². The van der Waals surface area contributed by atoms with Crippen molar-refractivity contribution in [1.29, 1.82) is 0 Å². The number of fused-ring (bicyclic) bond motifs is 2. The maximum atomic E-state index is 4.84. The first-order valence-electron chi connectivity index (χ1n) is 8.58. The Morgan fingerprint density at radius 1 is 1.04 bits per heavy atom. The number of imidazole rings is 1. The lowest BCUT2D eigenvalue weighted by molar-refractivity contribution is 1.09. The average Bonchev–Trinajstić information content (AvgIpc) is 3.53. The molecule has 6 aromatic heterocycles. The lowest BCUT2D eigenvalue weighted by atomic mass is 10.1. The van der Waals surface area contributed by atoms with E-state index in [4.69, 9.17) is 4.98 Å². The van der Waals surface area contributed by atoms with E-state index in [0.29, 0.717) is 5.82 Å². The maximum Gasteiger partial charge on any atom is 0.159 e. The summed E-state index contributed by atoms with van der Waals surface area (Å²) < 4.78 is 0. The molecule has 0 aliphatic carbocycles. The number of H-pyrrole nitrogens is 3. The second kappa shape index (κ2) is 5.83. The van der Waals surface area contributed by atoms with E-state index < -0.39 is 0 Å². The van der Waals surface area contributed by atoms with Crippen LogP contribution in [0.3, 0.4) is 0 Å².